The quantitative estimate of drug-likeness (QED) is 0.842. The normalized spacial score (nSPS) is 18.7. The van der Waals surface area contributed by atoms with Crippen molar-refractivity contribution in [1.82, 2.24) is 4.98 Å². The second kappa shape index (κ2) is 4.25. The molecule has 17 heavy (non-hydrogen) atoms. The van der Waals surface area contributed by atoms with E-state index in [-0.39, 0.29) is 6.10 Å². The minimum atomic E-state index is -0.0767. The van der Waals surface area contributed by atoms with Crippen LogP contribution >= 0.6 is 11.3 Å². The molecule has 5 heteroatoms. The van der Waals surface area contributed by atoms with Gasteiger partial charge >= 0.3 is 0 Å². The molecule has 2 heterocycles. The average Bonchev–Trinajstić information content (AvgIpc) is 2.65. The number of nitrogen functional groups attached to an aromatic ring is 1. The minimum Gasteiger partial charge on any atom is -0.490 e. The van der Waals surface area contributed by atoms with E-state index in [1.807, 2.05) is 29.6 Å². The highest BCUT2D eigenvalue weighted by Crippen LogP contribution is 2.35. The third-order valence-corrected chi connectivity index (χ3v) is 3.32. The number of nitrogens with zero attached hydrogens (tertiary/aromatic N) is 1. The Morgan fingerprint density at radius 3 is 2.88 bits per heavy atom. The van der Waals surface area contributed by atoms with Crippen LogP contribution in [0.1, 0.15) is 18.2 Å². The van der Waals surface area contributed by atoms with Gasteiger partial charge in [0.2, 0.25) is 0 Å². The maximum Gasteiger partial charge on any atom is 0.180 e. The van der Waals surface area contributed by atoms with Crippen molar-refractivity contribution in [3.63, 3.8) is 0 Å². The Morgan fingerprint density at radius 2 is 2.12 bits per heavy atom. The van der Waals surface area contributed by atoms with Gasteiger partial charge in [-0.3, -0.25) is 0 Å². The lowest BCUT2D eigenvalue weighted by Crippen LogP contribution is -2.08. The fourth-order valence-electron chi connectivity index (χ4n) is 1.81. The topological polar surface area (TPSA) is 57.4 Å². The van der Waals surface area contributed by atoms with Gasteiger partial charge in [0.1, 0.15) is 6.10 Å². The number of hydrogen-bond donors (Lipinski definition) is 1. The molecule has 1 aromatic heterocycles. The Bertz CT molecular complexity index is 527. The van der Waals surface area contributed by atoms with E-state index < -0.39 is 0 Å². The van der Waals surface area contributed by atoms with Crippen molar-refractivity contribution in [3.05, 3.63) is 35.3 Å². The summed E-state index contributed by atoms with van der Waals surface area (Å²) >= 11 is 1.43. The molecule has 4 nitrogen and oxygen atoms in total. The van der Waals surface area contributed by atoms with Crippen LogP contribution in [0.5, 0.6) is 11.5 Å². The fourth-order valence-corrected chi connectivity index (χ4v) is 2.42. The van der Waals surface area contributed by atoms with Crippen LogP contribution in [0.4, 0.5) is 5.13 Å². The molecule has 2 aromatic rings. The monoisotopic (exact) mass is 248 g/mol. The summed E-state index contributed by atoms with van der Waals surface area (Å²) in [6.07, 6.45) is 0.699. The van der Waals surface area contributed by atoms with E-state index in [1.54, 1.807) is 0 Å². The molecule has 2 N–H and O–H groups in total. The molecule has 0 saturated heterocycles. The summed E-state index contributed by atoms with van der Waals surface area (Å²) in [4.78, 5) is 4.26. The van der Waals surface area contributed by atoms with Crippen LogP contribution in [-0.2, 0) is 0 Å². The summed E-state index contributed by atoms with van der Waals surface area (Å²) in [6, 6.07) is 7.68. The number of anilines is 1. The Hall–Kier alpha value is -1.75. The fraction of sp³-hybridized carbons (Fsp3) is 0.250. The standard InChI is InChI=1S/C12H12N2O2S/c13-12-14-8(7-17-12)9-5-6-15-10-3-1-2-4-11(10)16-9/h1-4,7,9H,5-6H2,(H2,13,14). The van der Waals surface area contributed by atoms with Crippen LogP contribution in [0.25, 0.3) is 0 Å². The first-order chi connectivity index (χ1) is 8.33. The first-order valence-electron chi connectivity index (χ1n) is 5.42. The van der Waals surface area contributed by atoms with Crippen LogP contribution in [0.2, 0.25) is 0 Å². The Labute approximate surface area is 103 Å². The number of hydrogen-bond acceptors (Lipinski definition) is 5. The predicted molar refractivity (Wildman–Crippen MR) is 66.4 cm³/mol. The highest BCUT2D eigenvalue weighted by atomic mass is 32.1. The molecule has 0 radical (unpaired) electrons. The zero-order valence-corrected chi connectivity index (χ0v) is 9.94. The van der Waals surface area contributed by atoms with Gasteiger partial charge in [0.05, 0.1) is 12.3 Å². The van der Waals surface area contributed by atoms with Gasteiger partial charge in [0, 0.05) is 11.8 Å². The number of para-hydroxylation sites is 2. The summed E-state index contributed by atoms with van der Waals surface area (Å²) in [5.74, 6) is 1.56. The number of aromatic nitrogens is 1. The van der Waals surface area contributed by atoms with E-state index >= 15 is 0 Å². The molecule has 0 saturated carbocycles. The lowest BCUT2D eigenvalue weighted by molar-refractivity contribution is 0.191. The molecular formula is C12H12N2O2S. The molecular weight excluding hydrogens is 236 g/mol. The third kappa shape index (κ3) is 2.06. The van der Waals surface area contributed by atoms with Crippen molar-refractivity contribution in [1.29, 1.82) is 0 Å². The number of fused-ring (bicyclic) bond motifs is 1. The largest absolute Gasteiger partial charge is 0.490 e. The lowest BCUT2D eigenvalue weighted by Gasteiger charge is -2.13. The maximum atomic E-state index is 5.92. The van der Waals surface area contributed by atoms with E-state index in [1.165, 1.54) is 11.3 Å². The van der Waals surface area contributed by atoms with Crippen molar-refractivity contribution in [2.45, 2.75) is 12.5 Å². The van der Waals surface area contributed by atoms with Gasteiger partial charge in [0.25, 0.3) is 0 Å². The van der Waals surface area contributed by atoms with Crippen LogP contribution in [0.3, 0.4) is 0 Å². The Kier molecular flexibility index (Phi) is 2.60. The Balaban J connectivity index is 1.90. The van der Waals surface area contributed by atoms with E-state index in [4.69, 9.17) is 15.2 Å². The molecule has 1 unspecified atom stereocenters. The van der Waals surface area contributed by atoms with Crippen molar-refractivity contribution in [3.8, 4) is 11.5 Å². The maximum absolute atomic E-state index is 5.92. The molecule has 1 atom stereocenters. The smallest absolute Gasteiger partial charge is 0.180 e. The van der Waals surface area contributed by atoms with E-state index in [0.717, 1.165) is 23.6 Å². The molecule has 88 valence electrons. The molecule has 0 amide bonds. The van der Waals surface area contributed by atoms with E-state index in [9.17, 15) is 0 Å². The average molecular weight is 248 g/mol. The summed E-state index contributed by atoms with van der Waals surface area (Å²) < 4.78 is 11.5. The lowest BCUT2D eigenvalue weighted by atomic mass is 10.2. The second-order valence-electron chi connectivity index (χ2n) is 3.80. The van der Waals surface area contributed by atoms with Gasteiger partial charge in [-0.15, -0.1) is 11.3 Å². The molecule has 0 aliphatic carbocycles. The molecule has 1 aliphatic rings. The van der Waals surface area contributed by atoms with E-state index in [0.29, 0.717) is 11.7 Å². The highest BCUT2D eigenvalue weighted by Gasteiger charge is 2.21. The number of thiazole rings is 1. The summed E-state index contributed by atoms with van der Waals surface area (Å²) in [5.41, 5.74) is 6.52. The van der Waals surface area contributed by atoms with Crippen molar-refractivity contribution in [2.24, 2.45) is 0 Å². The third-order valence-electron chi connectivity index (χ3n) is 2.63. The van der Waals surface area contributed by atoms with Gasteiger partial charge in [-0.05, 0) is 12.1 Å². The SMILES string of the molecule is Nc1nc(C2CCOc3ccccc3O2)cs1. The summed E-state index contributed by atoms with van der Waals surface area (Å²) in [7, 11) is 0. The second-order valence-corrected chi connectivity index (χ2v) is 4.69. The van der Waals surface area contributed by atoms with Gasteiger partial charge in [0.15, 0.2) is 16.6 Å². The van der Waals surface area contributed by atoms with Crippen molar-refractivity contribution >= 4 is 16.5 Å². The number of ether oxygens (including phenoxy) is 2. The van der Waals surface area contributed by atoms with Gasteiger partial charge in [-0.25, -0.2) is 4.98 Å². The number of nitrogens with two attached hydrogens (primary N) is 1. The molecule has 3 rings (SSSR count). The predicted octanol–water partition coefficient (Wildman–Crippen LogP) is 2.63. The van der Waals surface area contributed by atoms with Crippen LogP contribution < -0.4 is 15.2 Å². The molecule has 0 fully saturated rings. The first-order valence-corrected chi connectivity index (χ1v) is 6.30. The summed E-state index contributed by atoms with van der Waals surface area (Å²) in [6.45, 7) is 0.624. The number of rotatable bonds is 1. The van der Waals surface area contributed by atoms with E-state index in [2.05, 4.69) is 4.98 Å². The van der Waals surface area contributed by atoms with Gasteiger partial charge in [-0.1, -0.05) is 12.1 Å². The number of benzene rings is 1. The van der Waals surface area contributed by atoms with Gasteiger partial charge < -0.3 is 15.2 Å². The van der Waals surface area contributed by atoms with Crippen LogP contribution in [0, 0.1) is 0 Å². The molecule has 0 bridgehead atoms. The van der Waals surface area contributed by atoms with Crippen LogP contribution in [-0.4, -0.2) is 11.6 Å². The minimum absolute atomic E-state index is 0.0767. The highest BCUT2D eigenvalue weighted by molar-refractivity contribution is 7.13. The van der Waals surface area contributed by atoms with Crippen LogP contribution in [0.15, 0.2) is 29.6 Å². The van der Waals surface area contributed by atoms with Gasteiger partial charge in [-0.2, -0.15) is 0 Å². The van der Waals surface area contributed by atoms with Crippen molar-refractivity contribution in [2.75, 3.05) is 12.3 Å². The molecule has 0 spiro atoms. The molecule has 1 aliphatic heterocycles. The Morgan fingerprint density at radius 1 is 1.29 bits per heavy atom. The van der Waals surface area contributed by atoms with Crippen molar-refractivity contribution < 1.29 is 9.47 Å². The molecule has 1 aromatic carbocycles. The summed E-state index contributed by atoms with van der Waals surface area (Å²) in [5, 5.41) is 2.51. The zero-order valence-electron chi connectivity index (χ0n) is 9.13. The first kappa shape index (κ1) is 10.4. The zero-order chi connectivity index (χ0) is 11.7.